The van der Waals surface area contributed by atoms with Gasteiger partial charge < -0.3 is 14.8 Å². The molecular weight excluding hydrogens is 314 g/mol. The molecule has 2 aliphatic rings. The zero-order valence-corrected chi connectivity index (χ0v) is 14.4. The molecule has 0 saturated heterocycles. The average molecular weight is 337 g/mol. The van der Waals surface area contributed by atoms with E-state index in [1.807, 2.05) is 13.0 Å². The number of thiophene rings is 1. The number of methoxy groups -OCH3 is 1. The lowest BCUT2D eigenvalue weighted by molar-refractivity contribution is -0.117. The fourth-order valence-corrected chi connectivity index (χ4v) is 3.90. The molecule has 2 atom stereocenters. The van der Waals surface area contributed by atoms with Crippen LogP contribution in [0.25, 0.3) is 0 Å². The molecular formula is C17H23NO4S. The third-order valence-corrected chi connectivity index (χ3v) is 5.62. The van der Waals surface area contributed by atoms with Crippen LogP contribution in [0.5, 0.6) is 0 Å². The minimum absolute atomic E-state index is 0.0568. The van der Waals surface area contributed by atoms with Gasteiger partial charge in [-0.1, -0.05) is 0 Å². The first-order valence-electron chi connectivity index (χ1n) is 8.22. The number of carbonyl (C=O) groups is 2. The zero-order valence-electron chi connectivity index (χ0n) is 13.6. The van der Waals surface area contributed by atoms with Gasteiger partial charge in [0.15, 0.2) is 0 Å². The van der Waals surface area contributed by atoms with E-state index in [4.69, 9.17) is 9.47 Å². The van der Waals surface area contributed by atoms with Crippen molar-refractivity contribution in [3.8, 4) is 0 Å². The first-order chi connectivity index (χ1) is 11.1. The van der Waals surface area contributed by atoms with Gasteiger partial charge in [0.05, 0.1) is 11.1 Å². The van der Waals surface area contributed by atoms with E-state index in [0.717, 1.165) is 49.1 Å². The molecule has 1 heterocycles. The molecule has 2 saturated carbocycles. The second-order valence-corrected chi connectivity index (χ2v) is 7.49. The molecule has 0 aliphatic heterocycles. The smallest absolute Gasteiger partial charge is 0.348 e. The summed E-state index contributed by atoms with van der Waals surface area (Å²) < 4.78 is 11.0. The summed E-state index contributed by atoms with van der Waals surface area (Å²) in [5.41, 5.74) is 0.852. The topological polar surface area (TPSA) is 64.6 Å². The Labute approximate surface area is 140 Å². The van der Waals surface area contributed by atoms with E-state index in [9.17, 15) is 9.59 Å². The number of esters is 1. The standard InChI is InChI=1S/C17H23NO4S/c1-10-8-14(18-16(19)11-6-7-11)23-15(10)17(20)22-13-5-3-4-12(9-13)21-2/h8,11-13H,3-7,9H2,1-2H3,(H,18,19). The molecule has 1 N–H and O–H groups in total. The van der Waals surface area contributed by atoms with Crippen molar-refractivity contribution in [3.63, 3.8) is 0 Å². The van der Waals surface area contributed by atoms with E-state index in [1.54, 1.807) is 7.11 Å². The average Bonchev–Trinajstić information content (AvgIpc) is 3.32. The van der Waals surface area contributed by atoms with Gasteiger partial charge in [0.25, 0.3) is 0 Å². The first-order valence-corrected chi connectivity index (χ1v) is 9.03. The van der Waals surface area contributed by atoms with Crippen LogP contribution in [0.4, 0.5) is 5.00 Å². The third kappa shape index (κ3) is 4.12. The maximum atomic E-state index is 12.4. The number of hydrogen-bond donors (Lipinski definition) is 1. The predicted octanol–water partition coefficient (Wildman–Crippen LogP) is 3.52. The Morgan fingerprint density at radius 3 is 2.65 bits per heavy atom. The number of anilines is 1. The third-order valence-electron chi connectivity index (χ3n) is 4.48. The highest BCUT2D eigenvalue weighted by molar-refractivity contribution is 7.18. The van der Waals surface area contributed by atoms with Gasteiger partial charge in [0, 0.05) is 19.4 Å². The van der Waals surface area contributed by atoms with Crippen LogP contribution in [0.15, 0.2) is 6.07 Å². The van der Waals surface area contributed by atoms with Crippen molar-refractivity contribution >= 4 is 28.2 Å². The molecule has 5 nitrogen and oxygen atoms in total. The van der Waals surface area contributed by atoms with E-state index in [2.05, 4.69) is 5.32 Å². The van der Waals surface area contributed by atoms with Crippen molar-refractivity contribution in [2.24, 2.45) is 5.92 Å². The highest BCUT2D eigenvalue weighted by Crippen LogP contribution is 2.33. The number of carbonyl (C=O) groups excluding carboxylic acids is 2. The number of rotatable bonds is 5. The molecule has 0 aromatic carbocycles. The van der Waals surface area contributed by atoms with Crippen LogP contribution in [-0.4, -0.2) is 31.2 Å². The molecule has 3 rings (SSSR count). The van der Waals surface area contributed by atoms with Crippen LogP contribution in [0, 0.1) is 12.8 Å². The van der Waals surface area contributed by atoms with Gasteiger partial charge in [-0.05, 0) is 50.7 Å². The molecule has 2 fully saturated rings. The molecule has 0 bridgehead atoms. The summed E-state index contributed by atoms with van der Waals surface area (Å²) >= 11 is 1.30. The summed E-state index contributed by atoms with van der Waals surface area (Å²) in [4.78, 5) is 24.8. The quantitative estimate of drug-likeness (QED) is 0.835. The molecule has 1 aromatic heterocycles. The molecule has 23 heavy (non-hydrogen) atoms. The van der Waals surface area contributed by atoms with Gasteiger partial charge in [-0.3, -0.25) is 4.79 Å². The monoisotopic (exact) mass is 337 g/mol. The van der Waals surface area contributed by atoms with E-state index >= 15 is 0 Å². The maximum absolute atomic E-state index is 12.4. The van der Waals surface area contributed by atoms with Crippen LogP contribution in [0.2, 0.25) is 0 Å². The number of ether oxygens (including phenoxy) is 2. The number of aryl methyl sites for hydroxylation is 1. The molecule has 126 valence electrons. The Balaban J connectivity index is 1.60. The highest BCUT2D eigenvalue weighted by atomic mass is 32.1. The summed E-state index contributed by atoms with van der Waals surface area (Å²) in [7, 11) is 1.70. The zero-order chi connectivity index (χ0) is 16.4. The lowest BCUT2D eigenvalue weighted by atomic mass is 9.95. The Hall–Kier alpha value is -1.40. The second kappa shape index (κ2) is 7.01. The number of hydrogen-bond acceptors (Lipinski definition) is 5. The van der Waals surface area contributed by atoms with E-state index < -0.39 is 0 Å². The van der Waals surface area contributed by atoms with Crippen LogP contribution >= 0.6 is 11.3 Å². The fraction of sp³-hybridized carbons (Fsp3) is 0.647. The number of amides is 1. The van der Waals surface area contributed by atoms with Crippen molar-refractivity contribution in [1.82, 2.24) is 0 Å². The summed E-state index contributed by atoms with van der Waals surface area (Å²) in [6.07, 6.45) is 5.73. The van der Waals surface area contributed by atoms with Crippen LogP contribution in [0.3, 0.4) is 0 Å². The van der Waals surface area contributed by atoms with Gasteiger partial charge in [0.2, 0.25) is 5.91 Å². The van der Waals surface area contributed by atoms with Crippen molar-refractivity contribution < 1.29 is 19.1 Å². The summed E-state index contributed by atoms with van der Waals surface area (Å²) in [5, 5.41) is 3.62. The molecule has 0 radical (unpaired) electrons. The van der Waals surface area contributed by atoms with Gasteiger partial charge in [-0.25, -0.2) is 4.79 Å². The first kappa shape index (κ1) is 16.5. The Kier molecular flexibility index (Phi) is 5.02. The summed E-state index contributed by atoms with van der Waals surface area (Å²) in [6.45, 7) is 1.87. The van der Waals surface area contributed by atoms with E-state index in [-0.39, 0.29) is 30.0 Å². The Morgan fingerprint density at radius 1 is 1.22 bits per heavy atom. The largest absolute Gasteiger partial charge is 0.458 e. The van der Waals surface area contributed by atoms with Crippen molar-refractivity contribution in [2.75, 3.05) is 12.4 Å². The fourth-order valence-electron chi connectivity index (χ4n) is 2.94. The van der Waals surface area contributed by atoms with Crippen LogP contribution in [0.1, 0.15) is 53.8 Å². The predicted molar refractivity (Wildman–Crippen MR) is 88.9 cm³/mol. The van der Waals surface area contributed by atoms with Gasteiger partial charge in [-0.2, -0.15) is 0 Å². The number of nitrogens with one attached hydrogen (secondary N) is 1. The summed E-state index contributed by atoms with van der Waals surface area (Å²) in [5.74, 6) is -0.0800. The Morgan fingerprint density at radius 2 is 1.96 bits per heavy atom. The molecule has 2 unspecified atom stereocenters. The van der Waals surface area contributed by atoms with E-state index in [0.29, 0.717) is 4.88 Å². The van der Waals surface area contributed by atoms with Crippen LogP contribution < -0.4 is 5.32 Å². The molecule has 0 spiro atoms. The molecule has 1 amide bonds. The minimum atomic E-state index is -0.291. The lowest BCUT2D eigenvalue weighted by Crippen LogP contribution is -2.29. The van der Waals surface area contributed by atoms with Crippen molar-refractivity contribution in [1.29, 1.82) is 0 Å². The van der Waals surface area contributed by atoms with Gasteiger partial charge in [0.1, 0.15) is 11.0 Å². The van der Waals surface area contributed by atoms with Crippen molar-refractivity contribution in [2.45, 2.75) is 57.7 Å². The molecule has 1 aromatic rings. The minimum Gasteiger partial charge on any atom is -0.458 e. The van der Waals surface area contributed by atoms with Crippen molar-refractivity contribution in [3.05, 3.63) is 16.5 Å². The van der Waals surface area contributed by atoms with E-state index in [1.165, 1.54) is 11.3 Å². The molecule has 2 aliphatic carbocycles. The highest BCUT2D eigenvalue weighted by Gasteiger charge is 2.30. The normalized spacial score (nSPS) is 24.3. The van der Waals surface area contributed by atoms with Crippen LogP contribution in [-0.2, 0) is 14.3 Å². The second-order valence-electron chi connectivity index (χ2n) is 6.44. The SMILES string of the molecule is COC1CCCC(OC(=O)c2sc(NC(=O)C3CC3)cc2C)C1. The molecule has 6 heteroatoms. The Bertz CT molecular complexity index is 593. The summed E-state index contributed by atoms with van der Waals surface area (Å²) in [6, 6.07) is 1.85. The maximum Gasteiger partial charge on any atom is 0.348 e. The van der Waals surface area contributed by atoms with Gasteiger partial charge in [-0.15, -0.1) is 11.3 Å². The lowest BCUT2D eigenvalue weighted by Gasteiger charge is -2.27. The van der Waals surface area contributed by atoms with Gasteiger partial charge >= 0.3 is 5.97 Å².